The number of hydrogen-bond acceptors (Lipinski definition) is 5. The molecule has 1 heterocycles. The second-order valence-corrected chi connectivity index (χ2v) is 6.85. The lowest BCUT2D eigenvalue weighted by molar-refractivity contribution is 0.314. The van der Waals surface area contributed by atoms with E-state index >= 15 is 0 Å². The zero-order valence-electron chi connectivity index (χ0n) is 11.3. The summed E-state index contributed by atoms with van der Waals surface area (Å²) in [5.41, 5.74) is 0. The van der Waals surface area contributed by atoms with Crippen molar-refractivity contribution in [1.82, 2.24) is 5.32 Å². The average molecular weight is 299 g/mol. The Morgan fingerprint density at radius 2 is 2.00 bits per heavy atom. The maximum absolute atomic E-state index is 5.66. The summed E-state index contributed by atoms with van der Waals surface area (Å²) in [6, 6.07) is 7.70. The molecule has 0 radical (unpaired) electrons. The Morgan fingerprint density at radius 1 is 1.21 bits per heavy atom. The van der Waals surface area contributed by atoms with Crippen LogP contribution in [0.2, 0.25) is 0 Å². The van der Waals surface area contributed by atoms with E-state index in [0.717, 1.165) is 29.8 Å². The Labute approximate surface area is 123 Å². The summed E-state index contributed by atoms with van der Waals surface area (Å²) in [6.07, 6.45) is 0. The number of nitrogens with one attached hydrogen (secondary N) is 1. The van der Waals surface area contributed by atoms with Crippen molar-refractivity contribution in [2.24, 2.45) is 0 Å². The topological polar surface area (TPSA) is 30.5 Å². The quantitative estimate of drug-likeness (QED) is 0.782. The van der Waals surface area contributed by atoms with Crippen molar-refractivity contribution in [2.45, 2.75) is 5.25 Å². The molecule has 1 aromatic rings. The molecule has 0 amide bonds. The fourth-order valence-corrected chi connectivity index (χ4v) is 4.48. The van der Waals surface area contributed by atoms with Crippen LogP contribution in [0.3, 0.4) is 0 Å². The first-order chi connectivity index (χ1) is 9.38. The zero-order valence-corrected chi connectivity index (χ0v) is 12.9. The van der Waals surface area contributed by atoms with E-state index in [2.05, 4.69) is 28.8 Å². The van der Waals surface area contributed by atoms with Gasteiger partial charge in [0.2, 0.25) is 0 Å². The maximum Gasteiger partial charge on any atom is 0.119 e. The highest BCUT2D eigenvalue weighted by atomic mass is 32.2. The summed E-state index contributed by atoms with van der Waals surface area (Å²) in [4.78, 5) is 0. The van der Waals surface area contributed by atoms with Crippen molar-refractivity contribution in [3.8, 4) is 11.5 Å². The molecule has 1 N–H and O–H groups in total. The predicted octanol–water partition coefficient (Wildman–Crippen LogP) is 2.51. The minimum atomic E-state index is 0.705. The van der Waals surface area contributed by atoms with Crippen molar-refractivity contribution in [1.29, 1.82) is 0 Å². The first-order valence-electron chi connectivity index (χ1n) is 6.55. The third kappa shape index (κ3) is 5.55. The second kappa shape index (κ2) is 8.61. The molecule has 2 rings (SSSR count). The van der Waals surface area contributed by atoms with Gasteiger partial charge in [-0.15, -0.1) is 0 Å². The molecule has 0 aromatic heterocycles. The van der Waals surface area contributed by atoms with Crippen LogP contribution in [0.15, 0.2) is 24.3 Å². The van der Waals surface area contributed by atoms with Crippen molar-refractivity contribution in [3.05, 3.63) is 24.3 Å². The van der Waals surface area contributed by atoms with Gasteiger partial charge in [-0.05, 0) is 24.3 Å². The minimum Gasteiger partial charge on any atom is -0.497 e. The molecule has 1 saturated heterocycles. The Morgan fingerprint density at radius 3 is 2.68 bits per heavy atom. The van der Waals surface area contributed by atoms with Crippen LogP contribution >= 0.6 is 23.5 Å². The van der Waals surface area contributed by atoms with Crippen molar-refractivity contribution in [2.75, 3.05) is 44.1 Å². The van der Waals surface area contributed by atoms with Crippen LogP contribution in [0.5, 0.6) is 11.5 Å². The van der Waals surface area contributed by atoms with Crippen LogP contribution in [0, 0.1) is 0 Å². The van der Waals surface area contributed by atoms with Crippen molar-refractivity contribution in [3.63, 3.8) is 0 Å². The Balaban J connectivity index is 1.55. The Hall–Kier alpha value is -0.520. The molecule has 1 aromatic carbocycles. The zero-order chi connectivity index (χ0) is 13.3. The molecule has 3 nitrogen and oxygen atoms in total. The molecule has 1 atom stereocenters. The van der Waals surface area contributed by atoms with Gasteiger partial charge in [0.1, 0.15) is 18.1 Å². The van der Waals surface area contributed by atoms with Crippen molar-refractivity contribution >= 4 is 23.5 Å². The van der Waals surface area contributed by atoms with E-state index in [9.17, 15) is 0 Å². The Bertz CT molecular complexity index is 353. The summed E-state index contributed by atoms with van der Waals surface area (Å²) in [6.45, 7) is 2.69. The molecule has 0 saturated carbocycles. The number of hydrogen-bond donors (Lipinski definition) is 1. The molecule has 0 bridgehead atoms. The van der Waals surface area contributed by atoms with Gasteiger partial charge >= 0.3 is 0 Å². The Kier molecular flexibility index (Phi) is 6.74. The highest BCUT2D eigenvalue weighted by Gasteiger charge is 2.13. The minimum absolute atomic E-state index is 0.705. The van der Waals surface area contributed by atoms with E-state index in [1.807, 2.05) is 24.3 Å². The third-order valence-corrected chi connectivity index (χ3v) is 5.71. The van der Waals surface area contributed by atoms with Gasteiger partial charge < -0.3 is 14.8 Å². The fourth-order valence-electron chi connectivity index (χ4n) is 1.83. The van der Waals surface area contributed by atoms with Crippen LogP contribution in [0.4, 0.5) is 0 Å². The summed E-state index contributed by atoms with van der Waals surface area (Å²) in [5.74, 6) is 5.63. The lowest BCUT2D eigenvalue weighted by atomic mass is 10.3. The van der Waals surface area contributed by atoms with Crippen LogP contribution in [-0.2, 0) is 0 Å². The number of ether oxygens (including phenoxy) is 2. The van der Waals surface area contributed by atoms with Crippen LogP contribution in [0.25, 0.3) is 0 Å². The van der Waals surface area contributed by atoms with E-state index in [4.69, 9.17) is 9.47 Å². The van der Waals surface area contributed by atoms with Crippen LogP contribution in [0.1, 0.15) is 0 Å². The SMILES string of the molecule is COc1ccc(OCCNCC2CSCCS2)cc1. The molecule has 1 unspecified atom stereocenters. The van der Waals surface area contributed by atoms with E-state index < -0.39 is 0 Å². The number of methoxy groups -OCH3 is 1. The average Bonchev–Trinajstić information content (AvgIpc) is 2.49. The van der Waals surface area contributed by atoms with Gasteiger partial charge in [0.05, 0.1) is 7.11 Å². The summed E-state index contributed by atoms with van der Waals surface area (Å²) < 4.78 is 10.8. The summed E-state index contributed by atoms with van der Waals surface area (Å²) in [7, 11) is 1.67. The third-order valence-electron chi connectivity index (χ3n) is 2.86. The smallest absolute Gasteiger partial charge is 0.119 e. The molecule has 19 heavy (non-hydrogen) atoms. The van der Waals surface area contributed by atoms with Gasteiger partial charge in [-0.3, -0.25) is 0 Å². The van der Waals surface area contributed by atoms with Crippen molar-refractivity contribution < 1.29 is 9.47 Å². The molecule has 1 aliphatic heterocycles. The highest BCUT2D eigenvalue weighted by molar-refractivity contribution is 8.06. The molecule has 0 spiro atoms. The van der Waals surface area contributed by atoms with E-state index in [1.165, 1.54) is 17.3 Å². The van der Waals surface area contributed by atoms with Crippen LogP contribution < -0.4 is 14.8 Å². The van der Waals surface area contributed by atoms with Gasteiger partial charge in [-0.25, -0.2) is 0 Å². The molecule has 1 fully saturated rings. The number of thioether (sulfide) groups is 2. The normalized spacial score (nSPS) is 19.1. The first kappa shape index (κ1) is 14.9. The summed E-state index contributed by atoms with van der Waals surface area (Å²) >= 11 is 4.15. The van der Waals surface area contributed by atoms with E-state index in [0.29, 0.717) is 6.61 Å². The lowest BCUT2D eigenvalue weighted by Gasteiger charge is -2.21. The largest absolute Gasteiger partial charge is 0.497 e. The van der Waals surface area contributed by atoms with Crippen LogP contribution in [-0.4, -0.2) is 49.3 Å². The van der Waals surface area contributed by atoms with Gasteiger partial charge in [0, 0.05) is 35.6 Å². The second-order valence-electron chi connectivity index (χ2n) is 4.30. The first-order valence-corrected chi connectivity index (χ1v) is 8.76. The monoisotopic (exact) mass is 299 g/mol. The maximum atomic E-state index is 5.66. The molecule has 0 aliphatic carbocycles. The highest BCUT2D eigenvalue weighted by Crippen LogP contribution is 2.23. The fraction of sp³-hybridized carbons (Fsp3) is 0.571. The standard InChI is InChI=1S/C14H21NO2S2/c1-16-12-2-4-13(5-3-12)17-7-6-15-10-14-11-18-8-9-19-14/h2-5,14-15H,6-11H2,1H3. The summed E-state index contributed by atoms with van der Waals surface area (Å²) in [5, 5.41) is 4.23. The lowest BCUT2D eigenvalue weighted by Crippen LogP contribution is -2.31. The van der Waals surface area contributed by atoms with Gasteiger partial charge in [-0.2, -0.15) is 23.5 Å². The molecule has 1 aliphatic rings. The van der Waals surface area contributed by atoms with Gasteiger partial charge in [-0.1, -0.05) is 0 Å². The molecular formula is C14H21NO2S2. The van der Waals surface area contributed by atoms with Gasteiger partial charge in [0.25, 0.3) is 0 Å². The number of benzene rings is 1. The van der Waals surface area contributed by atoms with E-state index in [1.54, 1.807) is 7.11 Å². The molecule has 106 valence electrons. The molecule has 5 heteroatoms. The van der Waals surface area contributed by atoms with Gasteiger partial charge in [0.15, 0.2) is 0 Å². The number of rotatable bonds is 7. The molecular weight excluding hydrogens is 278 g/mol. The predicted molar refractivity (Wildman–Crippen MR) is 84.9 cm³/mol. The van der Waals surface area contributed by atoms with E-state index in [-0.39, 0.29) is 0 Å².